The molecule has 0 aliphatic carbocycles. The normalized spacial score (nSPS) is 13.0. The van der Waals surface area contributed by atoms with Crippen LogP contribution in [0.15, 0.2) is 36.5 Å². The minimum Gasteiger partial charge on any atom is -0.254 e. The van der Waals surface area contributed by atoms with Crippen LogP contribution in [0.5, 0.6) is 0 Å². The van der Waals surface area contributed by atoms with Gasteiger partial charge < -0.3 is 0 Å². The standard InChI is InChI=1S/C14H6Cl6N2/c15-13(16,17)9-6-8-4-3-7-2-1-5-21-10(7)11(8)22-12(9)14(18,19)20/h1-6H. The Bertz CT molecular complexity index is 867. The second-order valence-corrected chi connectivity index (χ2v) is 9.15. The third-order valence-electron chi connectivity index (χ3n) is 3.13. The molecule has 1 aromatic carbocycles. The van der Waals surface area contributed by atoms with Crippen molar-refractivity contribution in [3.63, 3.8) is 0 Å². The molecule has 0 N–H and O–H groups in total. The number of nitrogens with zero attached hydrogens (tertiary/aromatic N) is 2. The lowest BCUT2D eigenvalue weighted by Crippen LogP contribution is -2.14. The predicted molar refractivity (Wildman–Crippen MR) is 95.5 cm³/mol. The highest BCUT2D eigenvalue weighted by Gasteiger charge is 2.36. The smallest absolute Gasteiger partial charge is 0.233 e. The van der Waals surface area contributed by atoms with Crippen LogP contribution < -0.4 is 0 Å². The monoisotopic (exact) mass is 412 g/mol. The van der Waals surface area contributed by atoms with Crippen molar-refractivity contribution in [1.29, 1.82) is 0 Å². The third kappa shape index (κ3) is 3.06. The first-order valence-electron chi connectivity index (χ1n) is 6.01. The van der Waals surface area contributed by atoms with Crippen LogP contribution in [0.1, 0.15) is 11.3 Å². The molecule has 0 atom stereocenters. The highest BCUT2D eigenvalue weighted by molar-refractivity contribution is 6.69. The first-order valence-corrected chi connectivity index (χ1v) is 8.27. The molecule has 0 amide bonds. The van der Waals surface area contributed by atoms with Crippen molar-refractivity contribution >= 4 is 91.4 Å². The van der Waals surface area contributed by atoms with E-state index in [0.29, 0.717) is 11.0 Å². The molecule has 0 radical (unpaired) electrons. The maximum absolute atomic E-state index is 5.99. The molecule has 114 valence electrons. The van der Waals surface area contributed by atoms with E-state index in [1.165, 1.54) is 0 Å². The van der Waals surface area contributed by atoms with Gasteiger partial charge in [-0.3, -0.25) is 4.98 Å². The van der Waals surface area contributed by atoms with E-state index in [2.05, 4.69) is 9.97 Å². The number of benzene rings is 1. The molecular formula is C14H6Cl6N2. The third-order valence-corrected chi connectivity index (χ3v) is 4.28. The average Bonchev–Trinajstić information content (AvgIpc) is 2.44. The fourth-order valence-electron chi connectivity index (χ4n) is 2.21. The van der Waals surface area contributed by atoms with Crippen LogP contribution in [0.3, 0.4) is 0 Å². The van der Waals surface area contributed by atoms with E-state index in [0.717, 1.165) is 10.8 Å². The molecule has 3 rings (SSSR count). The van der Waals surface area contributed by atoms with Crippen LogP contribution in [0.25, 0.3) is 21.8 Å². The Balaban J connectivity index is 2.46. The minimum absolute atomic E-state index is 0.0724. The molecule has 0 unspecified atom stereocenters. The van der Waals surface area contributed by atoms with E-state index in [-0.39, 0.29) is 11.3 Å². The molecule has 8 heteroatoms. The van der Waals surface area contributed by atoms with Crippen molar-refractivity contribution < 1.29 is 0 Å². The van der Waals surface area contributed by atoms with Crippen molar-refractivity contribution in [2.75, 3.05) is 0 Å². The van der Waals surface area contributed by atoms with Gasteiger partial charge in [0.2, 0.25) is 7.59 Å². The fraction of sp³-hybridized carbons (Fsp3) is 0.143. The van der Waals surface area contributed by atoms with Crippen LogP contribution >= 0.6 is 69.6 Å². The van der Waals surface area contributed by atoms with Crippen molar-refractivity contribution in [2.45, 2.75) is 7.59 Å². The number of halogens is 6. The molecule has 2 aromatic heterocycles. The van der Waals surface area contributed by atoms with Crippen molar-refractivity contribution in [2.24, 2.45) is 0 Å². The first kappa shape index (κ1) is 16.6. The highest BCUT2D eigenvalue weighted by atomic mass is 35.6. The number of hydrogen-bond acceptors (Lipinski definition) is 2. The van der Waals surface area contributed by atoms with Crippen LogP contribution in [-0.2, 0) is 7.59 Å². The summed E-state index contributed by atoms with van der Waals surface area (Å²) >= 11 is 35.9. The molecular weight excluding hydrogens is 409 g/mol. The topological polar surface area (TPSA) is 25.8 Å². The zero-order valence-electron chi connectivity index (χ0n) is 10.6. The van der Waals surface area contributed by atoms with E-state index < -0.39 is 7.59 Å². The summed E-state index contributed by atoms with van der Waals surface area (Å²) < 4.78 is -3.59. The molecule has 2 nitrogen and oxygen atoms in total. The average molecular weight is 415 g/mol. The molecule has 0 saturated carbocycles. The van der Waals surface area contributed by atoms with Gasteiger partial charge in [-0.25, -0.2) is 4.98 Å². The molecule has 0 saturated heterocycles. The lowest BCUT2D eigenvalue weighted by Gasteiger charge is -2.21. The minimum atomic E-state index is -1.83. The van der Waals surface area contributed by atoms with Gasteiger partial charge in [0.15, 0.2) is 0 Å². The number of aromatic nitrogens is 2. The number of rotatable bonds is 0. The Morgan fingerprint density at radius 1 is 0.773 bits per heavy atom. The summed E-state index contributed by atoms with van der Waals surface area (Å²) in [6.07, 6.45) is 1.67. The molecule has 0 aliphatic rings. The number of pyridine rings is 2. The summed E-state index contributed by atoms with van der Waals surface area (Å²) in [5, 5.41) is 1.66. The number of fused-ring (bicyclic) bond motifs is 3. The molecule has 0 fully saturated rings. The second kappa shape index (κ2) is 5.70. The lowest BCUT2D eigenvalue weighted by atomic mass is 10.1. The zero-order valence-corrected chi connectivity index (χ0v) is 15.2. The lowest BCUT2D eigenvalue weighted by molar-refractivity contribution is 1.04. The van der Waals surface area contributed by atoms with Gasteiger partial charge in [-0.1, -0.05) is 87.8 Å². The van der Waals surface area contributed by atoms with E-state index in [1.54, 1.807) is 12.3 Å². The SMILES string of the molecule is ClC(Cl)(Cl)c1cc2ccc3cccnc3c2nc1C(Cl)(Cl)Cl. The second-order valence-electron chi connectivity index (χ2n) is 4.59. The zero-order chi connectivity index (χ0) is 16.1. The van der Waals surface area contributed by atoms with Crippen LogP contribution in [0.2, 0.25) is 0 Å². The molecule has 0 bridgehead atoms. The first-order chi connectivity index (χ1) is 10.2. The van der Waals surface area contributed by atoms with Crippen LogP contribution in [0.4, 0.5) is 0 Å². The van der Waals surface area contributed by atoms with E-state index in [9.17, 15) is 0 Å². The van der Waals surface area contributed by atoms with E-state index in [1.807, 2.05) is 24.3 Å². The van der Waals surface area contributed by atoms with Gasteiger partial charge in [-0.15, -0.1) is 0 Å². The van der Waals surface area contributed by atoms with E-state index >= 15 is 0 Å². The van der Waals surface area contributed by atoms with Gasteiger partial charge in [0.05, 0.1) is 16.7 Å². The molecule has 22 heavy (non-hydrogen) atoms. The fourth-order valence-corrected chi connectivity index (χ4v) is 3.07. The van der Waals surface area contributed by atoms with Gasteiger partial charge in [0.1, 0.15) is 0 Å². The largest absolute Gasteiger partial charge is 0.254 e. The summed E-state index contributed by atoms with van der Waals surface area (Å²) in [6.45, 7) is 0. The quantitative estimate of drug-likeness (QED) is 0.312. The Morgan fingerprint density at radius 2 is 1.45 bits per heavy atom. The van der Waals surface area contributed by atoms with E-state index in [4.69, 9.17) is 69.6 Å². The Labute approximate surface area is 156 Å². The maximum atomic E-state index is 5.99. The van der Waals surface area contributed by atoms with Gasteiger partial charge in [-0.05, 0) is 12.1 Å². The maximum Gasteiger partial charge on any atom is 0.233 e. The molecule has 3 aromatic rings. The van der Waals surface area contributed by atoms with Crippen molar-refractivity contribution in [3.05, 3.63) is 47.8 Å². The Hall–Kier alpha value is -0.220. The number of alkyl halides is 6. The van der Waals surface area contributed by atoms with Crippen LogP contribution in [-0.4, -0.2) is 9.97 Å². The van der Waals surface area contributed by atoms with Gasteiger partial charge in [0, 0.05) is 22.5 Å². The molecule has 2 heterocycles. The van der Waals surface area contributed by atoms with Gasteiger partial charge in [-0.2, -0.15) is 0 Å². The number of hydrogen-bond donors (Lipinski definition) is 0. The van der Waals surface area contributed by atoms with Gasteiger partial charge >= 0.3 is 0 Å². The Morgan fingerprint density at radius 3 is 2.09 bits per heavy atom. The van der Waals surface area contributed by atoms with Crippen LogP contribution in [0, 0.1) is 0 Å². The summed E-state index contributed by atoms with van der Waals surface area (Å²) in [4.78, 5) is 8.76. The summed E-state index contributed by atoms with van der Waals surface area (Å²) in [5.74, 6) is 0. The summed E-state index contributed by atoms with van der Waals surface area (Å²) in [6, 6.07) is 9.17. The predicted octanol–water partition coefficient (Wildman–Crippen LogP) is 6.44. The summed E-state index contributed by atoms with van der Waals surface area (Å²) in [7, 11) is 0. The van der Waals surface area contributed by atoms with Crippen molar-refractivity contribution in [1.82, 2.24) is 9.97 Å². The summed E-state index contributed by atoms with van der Waals surface area (Å²) in [5.41, 5.74) is 1.56. The molecule has 0 aliphatic heterocycles. The Kier molecular flexibility index (Phi) is 4.31. The van der Waals surface area contributed by atoms with Crippen molar-refractivity contribution in [3.8, 4) is 0 Å². The highest BCUT2D eigenvalue weighted by Crippen LogP contribution is 2.48. The molecule has 0 spiro atoms. The van der Waals surface area contributed by atoms with Gasteiger partial charge in [0.25, 0.3) is 0 Å².